The molecular weight excluding hydrogens is 557 g/mol. The van der Waals surface area contributed by atoms with Crippen molar-refractivity contribution in [2.24, 2.45) is 0 Å². The molecule has 2 bridgehead atoms. The summed E-state index contributed by atoms with van der Waals surface area (Å²) in [4.78, 5) is 69.5. The van der Waals surface area contributed by atoms with E-state index in [0.717, 1.165) is 29.6 Å². The highest BCUT2D eigenvalue weighted by Crippen LogP contribution is 2.53. The van der Waals surface area contributed by atoms with Crippen LogP contribution >= 0.6 is 7.60 Å². The van der Waals surface area contributed by atoms with Crippen LogP contribution in [-0.4, -0.2) is 67.8 Å². The Labute approximate surface area is 223 Å². The SMILES string of the molecule is CC[C@]12COC([C@H](n3cc(C#CCNC(=O)c4ccc([N+](=O)[O-])cc4[N+](=O)[O-])c(=O)[nH]c3=O)O1)[C@@H]2OP(C)(=O)O. The number of amides is 1. The van der Waals surface area contributed by atoms with E-state index in [1.807, 2.05) is 0 Å². The van der Waals surface area contributed by atoms with Crippen molar-refractivity contribution in [3.05, 3.63) is 76.6 Å². The van der Waals surface area contributed by atoms with Crippen molar-refractivity contribution in [1.82, 2.24) is 14.9 Å². The first-order valence-electron chi connectivity index (χ1n) is 11.6. The predicted octanol–water partition coefficient (Wildman–Crippen LogP) is 0.411. The lowest BCUT2D eigenvalue weighted by Crippen LogP contribution is -2.42. The molecule has 3 heterocycles. The lowest BCUT2D eigenvalue weighted by atomic mass is 9.96. The fourth-order valence-corrected chi connectivity index (χ4v) is 5.15. The highest BCUT2D eigenvalue weighted by Gasteiger charge is 2.63. The van der Waals surface area contributed by atoms with Gasteiger partial charge < -0.3 is 19.7 Å². The first-order chi connectivity index (χ1) is 18.8. The van der Waals surface area contributed by atoms with E-state index in [-0.39, 0.29) is 18.7 Å². The molecule has 5 atom stereocenters. The van der Waals surface area contributed by atoms with Crippen LogP contribution in [0.5, 0.6) is 0 Å². The molecule has 2 aliphatic heterocycles. The van der Waals surface area contributed by atoms with Gasteiger partial charge in [0.05, 0.1) is 29.1 Å². The van der Waals surface area contributed by atoms with Gasteiger partial charge in [0.2, 0.25) is 0 Å². The van der Waals surface area contributed by atoms with E-state index in [4.69, 9.17) is 14.0 Å². The molecular formula is C22H22N5O12P. The highest BCUT2D eigenvalue weighted by atomic mass is 31.2. The van der Waals surface area contributed by atoms with E-state index in [0.29, 0.717) is 12.5 Å². The lowest BCUT2D eigenvalue weighted by Gasteiger charge is -2.30. The maximum absolute atomic E-state index is 12.6. The van der Waals surface area contributed by atoms with Gasteiger partial charge in [0.15, 0.2) is 6.23 Å². The summed E-state index contributed by atoms with van der Waals surface area (Å²) in [5, 5.41) is 24.4. The molecule has 1 aromatic heterocycles. The summed E-state index contributed by atoms with van der Waals surface area (Å²) in [6.07, 6.45) is -1.58. The van der Waals surface area contributed by atoms with Gasteiger partial charge in [0.1, 0.15) is 28.9 Å². The van der Waals surface area contributed by atoms with E-state index in [2.05, 4.69) is 22.1 Å². The number of ether oxygens (including phenoxy) is 2. The zero-order valence-electron chi connectivity index (χ0n) is 20.9. The first kappa shape index (κ1) is 28.8. The molecule has 0 spiro atoms. The number of nitrogens with zero attached hydrogens (tertiary/aromatic N) is 3. The van der Waals surface area contributed by atoms with Crippen molar-refractivity contribution in [2.75, 3.05) is 19.8 Å². The van der Waals surface area contributed by atoms with Crippen molar-refractivity contribution in [3.8, 4) is 11.8 Å². The summed E-state index contributed by atoms with van der Waals surface area (Å²) >= 11 is 0. The minimum absolute atomic E-state index is 0.0622. The number of hydrogen-bond acceptors (Lipinski definition) is 11. The van der Waals surface area contributed by atoms with Crippen molar-refractivity contribution >= 4 is 24.9 Å². The second kappa shape index (κ2) is 10.8. The zero-order chi connectivity index (χ0) is 29.4. The minimum Gasteiger partial charge on any atom is -0.368 e. The Morgan fingerprint density at radius 1 is 1.35 bits per heavy atom. The molecule has 0 aliphatic carbocycles. The maximum atomic E-state index is 12.6. The fourth-order valence-electron chi connectivity index (χ4n) is 4.41. The third-order valence-corrected chi connectivity index (χ3v) is 6.94. The topological polar surface area (TPSA) is 235 Å². The Morgan fingerprint density at radius 3 is 2.70 bits per heavy atom. The monoisotopic (exact) mass is 579 g/mol. The number of rotatable bonds is 8. The number of benzene rings is 1. The van der Waals surface area contributed by atoms with Crippen LogP contribution in [0.2, 0.25) is 0 Å². The predicted molar refractivity (Wildman–Crippen MR) is 134 cm³/mol. The van der Waals surface area contributed by atoms with Crippen LogP contribution in [0.3, 0.4) is 0 Å². The van der Waals surface area contributed by atoms with Crippen molar-refractivity contribution < 1.29 is 38.1 Å². The van der Waals surface area contributed by atoms with Gasteiger partial charge >= 0.3 is 13.3 Å². The number of aromatic nitrogens is 2. The van der Waals surface area contributed by atoms with Crippen LogP contribution < -0.4 is 16.6 Å². The van der Waals surface area contributed by atoms with Crippen molar-refractivity contribution in [1.29, 1.82) is 0 Å². The summed E-state index contributed by atoms with van der Waals surface area (Å²) < 4.78 is 30.0. The molecule has 18 heteroatoms. The summed E-state index contributed by atoms with van der Waals surface area (Å²) in [5.74, 6) is 4.04. The molecule has 0 radical (unpaired) electrons. The molecule has 2 fully saturated rings. The number of nitro benzene ring substituents is 2. The number of carbonyl (C=O) groups is 1. The Morgan fingerprint density at radius 2 is 2.08 bits per heavy atom. The van der Waals surface area contributed by atoms with Crippen molar-refractivity contribution in [3.63, 3.8) is 0 Å². The Balaban J connectivity index is 1.53. The standard InChI is InChI=1S/C22H22N5O12P/c1-3-22-11-37-16(17(22)39-40(2,35)36)20(38-22)25-10-12(18(28)24-21(25)30)5-4-8-23-19(29)14-7-6-13(26(31)32)9-15(14)27(33)34/h6-7,9-10,16-17,20H,3,8,11H2,1-2H3,(H,23,29)(H,35,36)(H,24,28,30)/t16?,17-,20+,22+/m0/s1. The number of nitrogens with one attached hydrogen (secondary N) is 2. The Bertz CT molecular complexity index is 1620. The van der Waals surface area contributed by atoms with E-state index >= 15 is 0 Å². The second-order valence-electron chi connectivity index (χ2n) is 8.94. The third-order valence-electron chi connectivity index (χ3n) is 6.32. The van der Waals surface area contributed by atoms with E-state index in [1.54, 1.807) is 6.92 Å². The third kappa shape index (κ3) is 5.57. The summed E-state index contributed by atoms with van der Waals surface area (Å²) in [7, 11) is -3.95. The zero-order valence-corrected chi connectivity index (χ0v) is 21.8. The Kier molecular flexibility index (Phi) is 7.74. The van der Waals surface area contributed by atoms with Crippen LogP contribution in [0.15, 0.2) is 34.0 Å². The molecule has 1 aromatic carbocycles. The number of fused-ring (bicyclic) bond motifs is 2. The van der Waals surface area contributed by atoms with E-state index < -0.39 is 75.6 Å². The van der Waals surface area contributed by atoms with E-state index in [1.165, 1.54) is 0 Å². The molecule has 40 heavy (non-hydrogen) atoms. The lowest BCUT2D eigenvalue weighted by molar-refractivity contribution is -0.394. The van der Waals surface area contributed by atoms with Crippen LogP contribution in [0, 0.1) is 32.1 Å². The molecule has 212 valence electrons. The quantitative estimate of drug-likeness (QED) is 0.167. The average Bonchev–Trinajstić information content (AvgIpc) is 3.37. The molecule has 0 saturated carbocycles. The van der Waals surface area contributed by atoms with Gasteiger partial charge in [-0.1, -0.05) is 18.8 Å². The normalized spacial score (nSPS) is 24.5. The van der Waals surface area contributed by atoms with Gasteiger partial charge in [-0.3, -0.25) is 48.5 Å². The largest absolute Gasteiger partial charge is 0.368 e. The summed E-state index contributed by atoms with van der Waals surface area (Å²) in [6, 6.07) is 2.53. The molecule has 3 N–H and O–H groups in total. The summed E-state index contributed by atoms with van der Waals surface area (Å²) in [5.41, 5.74) is -4.78. The maximum Gasteiger partial charge on any atom is 0.330 e. The van der Waals surface area contributed by atoms with Gasteiger partial charge in [-0.2, -0.15) is 0 Å². The van der Waals surface area contributed by atoms with E-state index in [9.17, 15) is 44.1 Å². The van der Waals surface area contributed by atoms with Crippen LogP contribution in [0.4, 0.5) is 11.4 Å². The van der Waals surface area contributed by atoms with Gasteiger partial charge in [-0.15, -0.1) is 0 Å². The van der Waals surface area contributed by atoms with Gasteiger partial charge in [0, 0.05) is 18.9 Å². The molecule has 4 rings (SSSR count). The first-order valence-corrected chi connectivity index (χ1v) is 13.6. The second-order valence-corrected chi connectivity index (χ2v) is 10.8. The van der Waals surface area contributed by atoms with Crippen LogP contribution in [-0.2, 0) is 18.6 Å². The molecule has 2 unspecified atom stereocenters. The van der Waals surface area contributed by atoms with Gasteiger partial charge in [0.25, 0.3) is 22.8 Å². The fraction of sp³-hybridized carbons (Fsp3) is 0.409. The Hall–Kier alpha value is -4.20. The van der Waals surface area contributed by atoms with Crippen LogP contribution in [0.25, 0.3) is 0 Å². The molecule has 2 aromatic rings. The molecule has 2 aliphatic rings. The number of nitro groups is 2. The minimum atomic E-state index is -3.95. The number of aromatic amines is 1. The highest BCUT2D eigenvalue weighted by molar-refractivity contribution is 7.51. The van der Waals surface area contributed by atoms with Crippen LogP contribution in [0.1, 0.15) is 35.5 Å². The molecule has 2 saturated heterocycles. The summed E-state index contributed by atoms with van der Waals surface area (Å²) in [6.45, 7) is 2.46. The average molecular weight is 579 g/mol. The number of carbonyl (C=O) groups excluding carboxylic acids is 1. The van der Waals surface area contributed by atoms with Gasteiger partial charge in [-0.25, -0.2) is 4.79 Å². The number of non-ortho nitro benzene ring substituents is 1. The van der Waals surface area contributed by atoms with Crippen molar-refractivity contribution in [2.45, 2.75) is 37.4 Å². The molecule has 1 amide bonds. The van der Waals surface area contributed by atoms with Gasteiger partial charge in [-0.05, 0) is 12.5 Å². The molecule has 17 nitrogen and oxygen atoms in total. The smallest absolute Gasteiger partial charge is 0.330 e. The number of H-pyrrole nitrogens is 1. The number of hydrogen-bond donors (Lipinski definition) is 3.